The van der Waals surface area contributed by atoms with E-state index in [2.05, 4.69) is 76.2 Å². The second-order valence-electron chi connectivity index (χ2n) is 8.47. The van der Waals surface area contributed by atoms with E-state index in [4.69, 9.17) is 17.0 Å². The molecular weight excluding hydrogens is 404 g/mol. The average molecular weight is 433 g/mol. The van der Waals surface area contributed by atoms with Gasteiger partial charge in [0.05, 0.1) is 17.8 Å². The van der Waals surface area contributed by atoms with Gasteiger partial charge < -0.3 is 19.5 Å². The van der Waals surface area contributed by atoms with Crippen molar-refractivity contribution in [2.75, 3.05) is 4.90 Å². The first-order valence-electron chi connectivity index (χ1n) is 11.0. The molecule has 0 amide bonds. The summed E-state index contributed by atoms with van der Waals surface area (Å²) in [5.74, 6) is 0.932. The van der Waals surface area contributed by atoms with Crippen molar-refractivity contribution in [3.63, 3.8) is 0 Å². The topological polar surface area (TPSA) is 42.3 Å². The number of pyridine rings is 1. The van der Waals surface area contributed by atoms with Crippen LogP contribution in [0.1, 0.15) is 54.8 Å². The fourth-order valence-electron chi connectivity index (χ4n) is 4.75. The molecule has 5 nitrogen and oxygen atoms in total. The van der Waals surface area contributed by atoms with Crippen LogP contribution in [0.25, 0.3) is 0 Å². The normalized spacial score (nSPS) is 21.5. The first-order chi connectivity index (χ1) is 15.1. The van der Waals surface area contributed by atoms with Crippen LogP contribution in [0, 0.1) is 6.92 Å². The van der Waals surface area contributed by atoms with Crippen LogP contribution < -0.4 is 15.0 Å². The third kappa shape index (κ3) is 3.81. The minimum absolute atomic E-state index is 0.00250. The molecule has 2 atom stereocenters. The van der Waals surface area contributed by atoms with Crippen LogP contribution in [0.3, 0.4) is 0 Å². The second kappa shape index (κ2) is 8.35. The first kappa shape index (κ1) is 20.1. The van der Waals surface area contributed by atoms with E-state index in [1.54, 1.807) is 0 Å². The molecular formula is C25H28N4OS. The molecule has 2 aromatic heterocycles. The Bertz CT molecular complexity index is 1060. The highest BCUT2D eigenvalue weighted by atomic mass is 32.1. The van der Waals surface area contributed by atoms with Crippen molar-refractivity contribution in [3.8, 4) is 5.75 Å². The zero-order valence-electron chi connectivity index (χ0n) is 18.0. The molecule has 0 unspecified atom stereocenters. The van der Waals surface area contributed by atoms with Gasteiger partial charge in [-0.3, -0.25) is 4.98 Å². The number of aryl methyl sites for hydroxylation is 1. The van der Waals surface area contributed by atoms with E-state index in [0.29, 0.717) is 11.2 Å². The zero-order valence-corrected chi connectivity index (χ0v) is 18.8. The lowest BCUT2D eigenvalue weighted by atomic mass is 10.0. The smallest absolute Gasteiger partial charge is 0.174 e. The summed E-state index contributed by atoms with van der Waals surface area (Å²) in [6, 6.07) is 18.7. The van der Waals surface area contributed by atoms with Crippen molar-refractivity contribution in [2.45, 2.75) is 50.8 Å². The third-order valence-electron chi connectivity index (χ3n) is 6.53. The molecule has 160 valence electrons. The van der Waals surface area contributed by atoms with E-state index < -0.39 is 0 Å². The van der Waals surface area contributed by atoms with Crippen molar-refractivity contribution in [1.29, 1.82) is 0 Å². The molecule has 1 saturated heterocycles. The number of anilines is 1. The minimum Gasteiger partial charge on any atom is -0.490 e. The van der Waals surface area contributed by atoms with E-state index >= 15 is 0 Å². The van der Waals surface area contributed by atoms with Gasteiger partial charge in [0.1, 0.15) is 11.8 Å². The Morgan fingerprint density at radius 3 is 2.45 bits per heavy atom. The van der Waals surface area contributed by atoms with Crippen LogP contribution in [0.2, 0.25) is 0 Å². The summed E-state index contributed by atoms with van der Waals surface area (Å²) in [5.41, 5.74) is 4.45. The number of aromatic nitrogens is 2. The average Bonchev–Trinajstić information content (AvgIpc) is 3.50. The maximum Gasteiger partial charge on any atom is 0.174 e. The predicted octanol–water partition coefficient (Wildman–Crippen LogP) is 5.23. The molecule has 2 aliphatic rings. The molecule has 2 fully saturated rings. The Kier molecular flexibility index (Phi) is 5.40. The molecule has 31 heavy (non-hydrogen) atoms. The first-order valence-corrected chi connectivity index (χ1v) is 11.4. The lowest BCUT2D eigenvalue weighted by molar-refractivity contribution is 0.210. The van der Waals surface area contributed by atoms with E-state index in [9.17, 15) is 0 Å². The summed E-state index contributed by atoms with van der Waals surface area (Å²) in [5, 5.41) is 4.24. The molecule has 0 spiro atoms. The van der Waals surface area contributed by atoms with E-state index in [0.717, 1.165) is 30.0 Å². The molecule has 1 aliphatic heterocycles. The van der Waals surface area contributed by atoms with Crippen LogP contribution in [0.4, 0.5) is 5.69 Å². The van der Waals surface area contributed by atoms with Gasteiger partial charge >= 0.3 is 0 Å². The molecule has 5 rings (SSSR count). The number of thiocarbonyl (C=S) groups is 1. The summed E-state index contributed by atoms with van der Waals surface area (Å²) >= 11 is 5.82. The van der Waals surface area contributed by atoms with Crippen LogP contribution >= 0.6 is 12.2 Å². The van der Waals surface area contributed by atoms with E-state index in [-0.39, 0.29) is 12.1 Å². The van der Waals surface area contributed by atoms with Gasteiger partial charge in [-0.2, -0.15) is 0 Å². The van der Waals surface area contributed by atoms with Gasteiger partial charge in [0.25, 0.3) is 0 Å². The standard InChI is InChI=1S/C25H28N4OS/c1-17-10-15-22(28(17)2)24-23(21-9-5-6-16-26-21)27-25(31)29(24)18-11-13-20(14-12-18)30-19-7-3-4-8-19/h5-6,9-16,19,23-24H,3-4,7-8H2,1-2H3,(H,27,31)/t23-,24-/m1/s1. The van der Waals surface area contributed by atoms with Gasteiger partial charge in [0.15, 0.2) is 5.11 Å². The number of nitrogens with zero attached hydrogens (tertiary/aromatic N) is 3. The number of nitrogens with one attached hydrogen (secondary N) is 1. The van der Waals surface area contributed by atoms with Crippen molar-refractivity contribution in [3.05, 3.63) is 77.9 Å². The number of ether oxygens (including phenoxy) is 1. The lowest BCUT2D eigenvalue weighted by Crippen LogP contribution is -2.30. The zero-order chi connectivity index (χ0) is 21.4. The highest BCUT2D eigenvalue weighted by Gasteiger charge is 2.42. The van der Waals surface area contributed by atoms with Crippen LogP contribution in [-0.4, -0.2) is 20.8 Å². The van der Waals surface area contributed by atoms with Gasteiger partial charge in [0.2, 0.25) is 0 Å². The Balaban J connectivity index is 1.49. The van der Waals surface area contributed by atoms with Crippen molar-refractivity contribution >= 4 is 23.0 Å². The predicted molar refractivity (Wildman–Crippen MR) is 127 cm³/mol. The fraction of sp³-hybridized carbons (Fsp3) is 0.360. The quantitative estimate of drug-likeness (QED) is 0.560. The summed E-state index contributed by atoms with van der Waals surface area (Å²) < 4.78 is 8.40. The van der Waals surface area contributed by atoms with Gasteiger partial charge in [-0.25, -0.2) is 0 Å². The number of rotatable bonds is 5. The maximum absolute atomic E-state index is 6.16. The van der Waals surface area contributed by atoms with E-state index in [1.807, 2.05) is 18.3 Å². The number of hydrogen-bond acceptors (Lipinski definition) is 3. The summed E-state index contributed by atoms with van der Waals surface area (Å²) in [4.78, 5) is 6.84. The Morgan fingerprint density at radius 2 is 1.81 bits per heavy atom. The van der Waals surface area contributed by atoms with Crippen molar-refractivity contribution in [1.82, 2.24) is 14.9 Å². The van der Waals surface area contributed by atoms with Crippen molar-refractivity contribution in [2.24, 2.45) is 7.05 Å². The van der Waals surface area contributed by atoms with Crippen molar-refractivity contribution < 1.29 is 4.74 Å². The van der Waals surface area contributed by atoms with Crippen LogP contribution in [0.15, 0.2) is 60.8 Å². The third-order valence-corrected chi connectivity index (χ3v) is 6.85. The highest BCUT2D eigenvalue weighted by molar-refractivity contribution is 7.80. The SMILES string of the molecule is Cc1ccc([C@@H]2[C@@H](c3ccccn3)NC(=S)N2c2ccc(OC3CCCC3)cc2)n1C. The molecule has 1 N–H and O–H groups in total. The Hall–Kier alpha value is -2.86. The summed E-state index contributed by atoms with van der Waals surface area (Å²) in [7, 11) is 2.11. The van der Waals surface area contributed by atoms with Gasteiger partial charge in [0, 0.05) is 30.3 Å². The molecule has 0 radical (unpaired) electrons. The molecule has 1 saturated carbocycles. The Labute approximate surface area is 189 Å². The summed E-state index contributed by atoms with van der Waals surface area (Å²) in [6.07, 6.45) is 7.04. The largest absolute Gasteiger partial charge is 0.490 e. The van der Waals surface area contributed by atoms with E-state index in [1.165, 1.54) is 24.2 Å². The molecule has 6 heteroatoms. The molecule has 0 bridgehead atoms. The molecule has 1 aromatic carbocycles. The fourth-order valence-corrected chi connectivity index (χ4v) is 5.09. The minimum atomic E-state index is -0.0314. The number of benzene rings is 1. The molecule has 1 aliphatic carbocycles. The maximum atomic E-state index is 6.16. The van der Waals surface area contributed by atoms with Gasteiger partial charge in [-0.15, -0.1) is 0 Å². The Morgan fingerprint density at radius 1 is 1.03 bits per heavy atom. The molecule has 3 heterocycles. The van der Waals surface area contributed by atoms with Gasteiger partial charge in [-0.1, -0.05) is 6.07 Å². The van der Waals surface area contributed by atoms with Gasteiger partial charge in [-0.05, 0) is 93.4 Å². The monoisotopic (exact) mass is 432 g/mol. The highest BCUT2D eigenvalue weighted by Crippen LogP contribution is 2.42. The lowest BCUT2D eigenvalue weighted by Gasteiger charge is -2.28. The second-order valence-corrected chi connectivity index (χ2v) is 8.86. The van der Waals surface area contributed by atoms with Crippen LogP contribution in [0.5, 0.6) is 5.75 Å². The summed E-state index contributed by atoms with van der Waals surface area (Å²) in [6.45, 7) is 2.12. The molecule has 3 aromatic rings. The van der Waals surface area contributed by atoms with Crippen LogP contribution in [-0.2, 0) is 7.05 Å². The number of hydrogen-bond donors (Lipinski definition) is 1.